The highest BCUT2D eigenvalue weighted by atomic mass is 15.0. The molecule has 3 aliphatic rings. The summed E-state index contributed by atoms with van der Waals surface area (Å²) in [6.07, 6.45) is 0. The number of fused-ring (bicyclic) bond motifs is 18. The summed E-state index contributed by atoms with van der Waals surface area (Å²) in [4.78, 5) is 0. The molecule has 0 amide bonds. The molecular formula is C101H63N3. The van der Waals surface area contributed by atoms with E-state index in [2.05, 4.69) is 373 Å². The highest BCUT2D eigenvalue weighted by Gasteiger charge is 2.36. The van der Waals surface area contributed by atoms with Crippen molar-refractivity contribution < 1.29 is 0 Å². The molecule has 0 unspecified atom stereocenters. The van der Waals surface area contributed by atoms with Gasteiger partial charge in [-0.25, -0.2) is 0 Å². The number of aromatic nitrogens is 3. The van der Waals surface area contributed by atoms with Crippen molar-refractivity contribution in [2.75, 3.05) is 0 Å². The van der Waals surface area contributed by atoms with Gasteiger partial charge >= 0.3 is 0 Å². The lowest BCUT2D eigenvalue weighted by Crippen LogP contribution is -2.14. The highest BCUT2D eigenvalue weighted by Crippen LogP contribution is 2.53. The van der Waals surface area contributed by atoms with Gasteiger partial charge in [-0.2, -0.15) is 0 Å². The van der Waals surface area contributed by atoms with Gasteiger partial charge in [0.15, 0.2) is 0 Å². The molecule has 0 fully saturated rings. The molecule has 3 heteroatoms. The van der Waals surface area contributed by atoms with Crippen LogP contribution in [0.2, 0.25) is 0 Å². The number of hydrogen-bond donors (Lipinski definition) is 0. The minimum absolute atomic E-state index is 0.0988. The molecule has 3 aromatic heterocycles. The molecule has 0 saturated heterocycles. The fraction of sp³-hybridized carbons (Fsp3) is 0.0297. The summed E-state index contributed by atoms with van der Waals surface area (Å²) >= 11 is 0. The van der Waals surface area contributed by atoms with Crippen molar-refractivity contribution in [2.24, 2.45) is 0 Å². The van der Waals surface area contributed by atoms with E-state index in [-0.39, 0.29) is 5.41 Å². The quantitative estimate of drug-likeness (QED) is 0.144. The van der Waals surface area contributed by atoms with Gasteiger partial charge in [0.05, 0.1) is 33.1 Å². The smallest absolute Gasteiger partial charge is 0.0547 e. The van der Waals surface area contributed by atoms with Crippen molar-refractivity contribution >= 4 is 87.0 Å². The summed E-state index contributed by atoms with van der Waals surface area (Å²) in [6.45, 7) is 4.75. The number of benzene rings is 17. The maximum absolute atomic E-state index is 2.51. The van der Waals surface area contributed by atoms with Gasteiger partial charge in [-0.05, 0) is 259 Å². The van der Waals surface area contributed by atoms with E-state index < -0.39 is 0 Å². The van der Waals surface area contributed by atoms with E-state index in [4.69, 9.17) is 0 Å². The van der Waals surface area contributed by atoms with E-state index in [1.807, 2.05) is 0 Å². The first kappa shape index (κ1) is 57.4. The number of nitrogens with zero attached hydrogens (tertiary/aromatic N) is 3. The fourth-order valence-electron chi connectivity index (χ4n) is 18.8. The maximum atomic E-state index is 2.51. The Morgan fingerprint density at radius 2 is 0.558 bits per heavy atom. The molecule has 17 aromatic carbocycles. The van der Waals surface area contributed by atoms with Gasteiger partial charge in [-0.3, -0.25) is 0 Å². The van der Waals surface area contributed by atoms with Gasteiger partial charge in [0.2, 0.25) is 0 Å². The van der Waals surface area contributed by atoms with Crippen LogP contribution >= 0.6 is 0 Å². The molecule has 0 spiro atoms. The first-order valence-electron chi connectivity index (χ1n) is 36.4. The summed E-state index contributed by atoms with van der Waals surface area (Å²) in [5.74, 6) is 0. The maximum Gasteiger partial charge on any atom is 0.0547 e. The summed E-state index contributed by atoms with van der Waals surface area (Å²) in [5, 5.41) is 12.6. The van der Waals surface area contributed by atoms with Crippen LogP contribution in [-0.2, 0) is 5.41 Å². The predicted octanol–water partition coefficient (Wildman–Crippen LogP) is 27.2. The third-order valence-corrected chi connectivity index (χ3v) is 23.7. The van der Waals surface area contributed by atoms with Crippen LogP contribution < -0.4 is 0 Å². The molecule has 104 heavy (non-hydrogen) atoms. The second kappa shape index (κ2) is 21.4. The van der Waals surface area contributed by atoms with Crippen LogP contribution in [0.15, 0.2) is 346 Å². The molecule has 20 aromatic rings. The molecule has 23 rings (SSSR count). The van der Waals surface area contributed by atoms with E-state index in [1.54, 1.807) is 0 Å². The van der Waals surface area contributed by atoms with Crippen LogP contribution in [0.5, 0.6) is 0 Å². The average molecular weight is 1320 g/mol. The van der Waals surface area contributed by atoms with Gasteiger partial charge < -0.3 is 13.7 Å². The van der Waals surface area contributed by atoms with Crippen molar-refractivity contribution in [1.29, 1.82) is 0 Å². The zero-order valence-electron chi connectivity index (χ0n) is 57.3. The first-order valence-corrected chi connectivity index (χ1v) is 36.4. The molecule has 3 heterocycles. The van der Waals surface area contributed by atoms with Crippen molar-refractivity contribution in [3.8, 4) is 128 Å². The fourth-order valence-corrected chi connectivity index (χ4v) is 18.8. The van der Waals surface area contributed by atoms with Crippen LogP contribution in [-0.4, -0.2) is 13.7 Å². The lowest BCUT2D eigenvalue weighted by molar-refractivity contribution is 0.660. The molecule has 0 radical (unpaired) electrons. The van der Waals surface area contributed by atoms with Crippen molar-refractivity contribution in [2.45, 2.75) is 19.3 Å². The van der Waals surface area contributed by atoms with E-state index in [9.17, 15) is 0 Å². The molecule has 0 aliphatic heterocycles. The second-order valence-electron chi connectivity index (χ2n) is 29.5. The summed E-state index contributed by atoms with van der Waals surface area (Å²) in [7, 11) is 0. The first-order chi connectivity index (χ1) is 51.3. The second-order valence-corrected chi connectivity index (χ2v) is 29.5. The lowest BCUT2D eigenvalue weighted by atomic mass is 9.81. The Labute approximate surface area is 601 Å². The van der Waals surface area contributed by atoms with Gasteiger partial charge in [0.25, 0.3) is 0 Å². The number of rotatable bonds is 8. The van der Waals surface area contributed by atoms with E-state index in [0.717, 1.165) is 28.2 Å². The van der Waals surface area contributed by atoms with E-state index >= 15 is 0 Å². The Morgan fingerprint density at radius 1 is 0.183 bits per heavy atom. The predicted molar refractivity (Wildman–Crippen MR) is 438 cm³/mol. The van der Waals surface area contributed by atoms with Crippen LogP contribution in [0.4, 0.5) is 0 Å². The van der Waals surface area contributed by atoms with Crippen LogP contribution in [0, 0.1) is 0 Å². The summed E-state index contributed by atoms with van der Waals surface area (Å²) in [5.41, 5.74) is 38.2. The summed E-state index contributed by atoms with van der Waals surface area (Å²) < 4.78 is 7.42. The Kier molecular flexibility index (Phi) is 11.8. The molecule has 0 saturated carbocycles. The van der Waals surface area contributed by atoms with Crippen LogP contribution in [0.3, 0.4) is 0 Å². The standard InChI is InChI=1S/C101H63N3/c1-101(2)91-32-10-7-27-79(91)80-44-37-65(57-92(80)101)63-40-48-96-88(53-63)84-46-38-66(58-98(84)104(96)74-22-14-18-62(52-74)71-50-69-20-16-31-86-76-24-4-6-26-78(76)90(56-71)100(69)86)60-35-42-72(43-36-60)102-93-33-11-8-28-81(93)83-45-39-67(59-97(83)102)64-41-47-95-87(54-64)82-29-9-12-34-94(82)103(95)73-21-13-17-61(51-73)70-49-68-19-15-30-85-75-23-3-5-25-77(75)89(55-70)99(68)85/h3-59H,1-2H3. The van der Waals surface area contributed by atoms with Crippen LogP contribution in [0.1, 0.15) is 25.0 Å². The van der Waals surface area contributed by atoms with Crippen molar-refractivity contribution in [3.63, 3.8) is 0 Å². The molecule has 0 bridgehead atoms. The summed E-state index contributed by atoms with van der Waals surface area (Å²) in [6, 6.07) is 131. The molecule has 0 atom stereocenters. The Balaban J connectivity index is 0.623. The van der Waals surface area contributed by atoms with Crippen molar-refractivity contribution in [3.05, 3.63) is 357 Å². The highest BCUT2D eigenvalue weighted by molar-refractivity contribution is 6.19. The number of hydrogen-bond acceptors (Lipinski definition) is 0. The third-order valence-electron chi connectivity index (χ3n) is 23.7. The molecule has 482 valence electrons. The topological polar surface area (TPSA) is 14.8 Å². The van der Waals surface area contributed by atoms with Gasteiger partial charge in [-0.1, -0.05) is 244 Å². The van der Waals surface area contributed by atoms with Gasteiger partial charge in [0.1, 0.15) is 0 Å². The molecule has 3 nitrogen and oxygen atoms in total. The molecule has 0 N–H and O–H groups in total. The van der Waals surface area contributed by atoms with Crippen LogP contribution in [0.25, 0.3) is 215 Å². The average Bonchev–Trinajstić information content (AvgIpc) is 1.59. The van der Waals surface area contributed by atoms with Crippen molar-refractivity contribution in [1.82, 2.24) is 13.7 Å². The zero-order valence-corrected chi connectivity index (χ0v) is 57.3. The normalized spacial score (nSPS) is 13.0. The van der Waals surface area contributed by atoms with Gasteiger partial charge in [0, 0.05) is 54.8 Å². The van der Waals surface area contributed by atoms with Gasteiger partial charge in [-0.15, -0.1) is 0 Å². The Hall–Kier alpha value is -13.3. The monoisotopic (exact) mass is 1320 g/mol. The Morgan fingerprint density at radius 3 is 1.13 bits per heavy atom. The lowest BCUT2D eigenvalue weighted by Gasteiger charge is -2.22. The SMILES string of the molecule is CC1(C)c2ccccc2-c2ccc(-c3ccc4c(c3)c3ccc(-c5ccc(-n6c7ccccc7c7ccc(-c8ccc9c(c8)c8ccccc8n9-c8cccc(-c9cc%10c%11c(cccc%11c9)-c9ccccc9-%10)c8)cc76)cc5)cc3n4-c3cccc(-c4cc5c6c(cccc6c4)-c4ccccc4-5)c3)cc21. The van der Waals surface area contributed by atoms with E-state index in [1.165, 1.54) is 198 Å². The number of para-hydroxylation sites is 2. The minimum Gasteiger partial charge on any atom is -0.309 e. The molecule has 3 aliphatic carbocycles. The van der Waals surface area contributed by atoms with E-state index in [0.29, 0.717) is 0 Å². The zero-order chi connectivity index (χ0) is 68.2. The minimum atomic E-state index is -0.0988. The third kappa shape index (κ3) is 8.18. The Bertz CT molecular complexity index is 7180. The largest absolute Gasteiger partial charge is 0.309 e. The molecular weight excluding hydrogens is 1260 g/mol.